The van der Waals surface area contributed by atoms with Crippen molar-refractivity contribution in [1.29, 1.82) is 0 Å². The Bertz CT molecular complexity index is 975. The number of nitrogens with zero attached hydrogens (tertiary/aromatic N) is 3. The summed E-state index contributed by atoms with van der Waals surface area (Å²) in [5.74, 6) is -2.09. The zero-order valence-corrected chi connectivity index (χ0v) is 14.2. The zero-order valence-electron chi connectivity index (χ0n) is 12.7. The van der Waals surface area contributed by atoms with Crippen LogP contribution in [-0.2, 0) is 0 Å². The fraction of sp³-hybridized carbons (Fsp3) is 0.0625. The molecule has 0 atom stereocenters. The van der Waals surface area contributed by atoms with Crippen LogP contribution in [0.1, 0.15) is 16.4 Å². The first-order valence-corrected chi connectivity index (χ1v) is 7.76. The van der Waals surface area contributed by atoms with E-state index in [-0.39, 0.29) is 22.4 Å². The van der Waals surface area contributed by atoms with E-state index >= 15 is 0 Å². The van der Waals surface area contributed by atoms with Gasteiger partial charge in [0.2, 0.25) is 5.82 Å². The van der Waals surface area contributed by atoms with Crippen LogP contribution in [0.2, 0.25) is 10.0 Å². The number of hydrogen-bond donors (Lipinski definition) is 1. The molecule has 0 radical (unpaired) electrons. The Morgan fingerprint density at radius 1 is 1.16 bits per heavy atom. The number of rotatable bonds is 3. The molecule has 9 heteroatoms. The molecule has 1 aromatic heterocycles. The molecule has 3 aromatic rings. The molecule has 0 aliphatic rings. The molecule has 0 bridgehead atoms. The summed E-state index contributed by atoms with van der Waals surface area (Å²) in [6, 6.07) is 7.60. The molecule has 5 nitrogen and oxygen atoms in total. The van der Waals surface area contributed by atoms with Gasteiger partial charge in [0.15, 0.2) is 5.82 Å². The summed E-state index contributed by atoms with van der Waals surface area (Å²) < 4.78 is 28.1. The van der Waals surface area contributed by atoms with Gasteiger partial charge in [-0.1, -0.05) is 23.2 Å². The van der Waals surface area contributed by atoms with Crippen LogP contribution in [0.5, 0.6) is 0 Å². The smallest absolute Gasteiger partial charge is 0.295 e. The van der Waals surface area contributed by atoms with Crippen LogP contribution >= 0.6 is 23.2 Å². The highest BCUT2D eigenvalue weighted by molar-refractivity contribution is 6.36. The van der Waals surface area contributed by atoms with Crippen LogP contribution in [0.4, 0.5) is 14.5 Å². The predicted octanol–water partition coefficient (Wildman–Crippen LogP) is 4.41. The molecule has 0 fully saturated rings. The standard InChI is InChI=1S/C16H10Cl2F2N4O/c1-8-21-15(16(25)22-13-4-2-9(17)6-11(13)18)23-24(8)14-5-3-10(19)7-12(14)20/h2-7H,1H3,(H,22,25). The molecular weight excluding hydrogens is 373 g/mol. The van der Waals surface area contributed by atoms with Crippen molar-refractivity contribution in [2.24, 2.45) is 0 Å². The number of carbonyl (C=O) groups excluding carboxylic acids is 1. The molecule has 25 heavy (non-hydrogen) atoms. The fourth-order valence-electron chi connectivity index (χ4n) is 2.14. The van der Waals surface area contributed by atoms with Gasteiger partial charge in [0, 0.05) is 11.1 Å². The van der Waals surface area contributed by atoms with Crippen molar-refractivity contribution < 1.29 is 13.6 Å². The summed E-state index contributed by atoms with van der Waals surface area (Å²) in [6.07, 6.45) is 0. The molecule has 1 amide bonds. The van der Waals surface area contributed by atoms with Crippen molar-refractivity contribution in [2.75, 3.05) is 5.32 Å². The Morgan fingerprint density at radius 2 is 1.92 bits per heavy atom. The topological polar surface area (TPSA) is 59.8 Å². The predicted molar refractivity (Wildman–Crippen MR) is 90.4 cm³/mol. The molecule has 0 spiro atoms. The summed E-state index contributed by atoms with van der Waals surface area (Å²) in [7, 11) is 0. The van der Waals surface area contributed by atoms with Crippen LogP contribution in [0.25, 0.3) is 5.69 Å². The summed E-state index contributed by atoms with van der Waals surface area (Å²) in [4.78, 5) is 16.3. The highest BCUT2D eigenvalue weighted by Gasteiger charge is 2.18. The third-order valence-electron chi connectivity index (χ3n) is 3.29. The summed E-state index contributed by atoms with van der Waals surface area (Å²) in [5.41, 5.74) is 0.313. The average molecular weight is 383 g/mol. The van der Waals surface area contributed by atoms with Gasteiger partial charge in [-0.3, -0.25) is 4.79 Å². The third-order valence-corrected chi connectivity index (χ3v) is 3.84. The Morgan fingerprint density at radius 3 is 2.60 bits per heavy atom. The van der Waals surface area contributed by atoms with Crippen LogP contribution in [-0.4, -0.2) is 20.7 Å². The number of amides is 1. The van der Waals surface area contributed by atoms with E-state index in [0.717, 1.165) is 16.8 Å². The lowest BCUT2D eigenvalue weighted by Gasteiger charge is -2.05. The van der Waals surface area contributed by atoms with Crippen LogP contribution in [0.3, 0.4) is 0 Å². The van der Waals surface area contributed by atoms with E-state index in [4.69, 9.17) is 23.2 Å². The minimum absolute atomic E-state index is 0.0185. The molecular formula is C16H10Cl2F2N4O. The number of aromatic nitrogens is 3. The SMILES string of the molecule is Cc1nc(C(=O)Nc2ccc(Cl)cc2Cl)nn1-c1ccc(F)cc1F. The number of aryl methyl sites for hydroxylation is 1. The lowest BCUT2D eigenvalue weighted by Crippen LogP contribution is -2.14. The molecule has 128 valence electrons. The lowest BCUT2D eigenvalue weighted by molar-refractivity contribution is 0.101. The second-order valence-electron chi connectivity index (χ2n) is 5.07. The quantitative estimate of drug-likeness (QED) is 0.729. The van der Waals surface area contributed by atoms with Gasteiger partial charge in [-0.15, -0.1) is 5.10 Å². The van der Waals surface area contributed by atoms with E-state index in [1.807, 2.05) is 0 Å². The number of hydrogen-bond acceptors (Lipinski definition) is 3. The van der Waals surface area contributed by atoms with Crippen molar-refractivity contribution in [3.05, 3.63) is 69.7 Å². The van der Waals surface area contributed by atoms with Crippen LogP contribution in [0.15, 0.2) is 36.4 Å². The van der Waals surface area contributed by atoms with E-state index in [1.165, 1.54) is 18.2 Å². The van der Waals surface area contributed by atoms with E-state index in [2.05, 4.69) is 15.4 Å². The van der Waals surface area contributed by atoms with Crippen LogP contribution < -0.4 is 5.32 Å². The molecule has 0 saturated heterocycles. The van der Waals surface area contributed by atoms with E-state index in [1.54, 1.807) is 13.0 Å². The van der Waals surface area contributed by atoms with E-state index in [0.29, 0.717) is 10.7 Å². The second-order valence-corrected chi connectivity index (χ2v) is 5.91. The molecule has 1 N–H and O–H groups in total. The Hall–Kier alpha value is -2.51. The molecule has 2 aromatic carbocycles. The Kier molecular flexibility index (Phi) is 4.69. The highest BCUT2D eigenvalue weighted by Crippen LogP contribution is 2.25. The molecule has 0 aliphatic carbocycles. The minimum Gasteiger partial charge on any atom is -0.318 e. The third kappa shape index (κ3) is 3.62. The number of anilines is 1. The second kappa shape index (κ2) is 6.78. The maximum atomic E-state index is 13.9. The van der Waals surface area contributed by atoms with Gasteiger partial charge in [0.1, 0.15) is 17.3 Å². The van der Waals surface area contributed by atoms with Crippen molar-refractivity contribution >= 4 is 34.8 Å². The van der Waals surface area contributed by atoms with Crippen molar-refractivity contribution in [3.8, 4) is 5.69 Å². The number of nitrogens with one attached hydrogen (secondary N) is 1. The highest BCUT2D eigenvalue weighted by atomic mass is 35.5. The lowest BCUT2D eigenvalue weighted by atomic mass is 10.3. The molecule has 3 rings (SSSR count). The van der Waals surface area contributed by atoms with Gasteiger partial charge in [-0.05, 0) is 37.3 Å². The molecule has 0 saturated carbocycles. The van der Waals surface area contributed by atoms with Gasteiger partial charge in [0.25, 0.3) is 5.91 Å². The maximum absolute atomic E-state index is 13.9. The van der Waals surface area contributed by atoms with E-state index in [9.17, 15) is 13.6 Å². The first kappa shape index (κ1) is 17.3. The molecule has 1 heterocycles. The Balaban J connectivity index is 1.90. The summed E-state index contributed by atoms with van der Waals surface area (Å²) >= 11 is 11.8. The maximum Gasteiger partial charge on any atom is 0.295 e. The first-order chi connectivity index (χ1) is 11.8. The van der Waals surface area contributed by atoms with Gasteiger partial charge in [-0.25, -0.2) is 18.4 Å². The van der Waals surface area contributed by atoms with Crippen LogP contribution in [0, 0.1) is 18.6 Å². The van der Waals surface area contributed by atoms with Gasteiger partial charge in [0.05, 0.1) is 10.7 Å². The van der Waals surface area contributed by atoms with Crippen molar-refractivity contribution in [2.45, 2.75) is 6.92 Å². The number of carbonyl (C=O) groups is 1. The van der Waals surface area contributed by atoms with Gasteiger partial charge >= 0.3 is 0 Å². The minimum atomic E-state index is -0.819. The van der Waals surface area contributed by atoms with Gasteiger partial charge < -0.3 is 5.32 Å². The largest absolute Gasteiger partial charge is 0.318 e. The monoisotopic (exact) mass is 382 g/mol. The average Bonchev–Trinajstić information content (AvgIpc) is 2.92. The summed E-state index contributed by atoms with van der Waals surface area (Å²) in [6.45, 7) is 1.54. The molecule has 0 unspecified atom stereocenters. The fourth-order valence-corrected chi connectivity index (χ4v) is 2.59. The van der Waals surface area contributed by atoms with Crippen molar-refractivity contribution in [1.82, 2.24) is 14.8 Å². The first-order valence-electron chi connectivity index (χ1n) is 7.00. The summed E-state index contributed by atoms with van der Waals surface area (Å²) in [5, 5.41) is 7.20. The molecule has 0 aliphatic heterocycles. The van der Waals surface area contributed by atoms with Crippen molar-refractivity contribution in [3.63, 3.8) is 0 Å². The zero-order chi connectivity index (χ0) is 18.1. The van der Waals surface area contributed by atoms with E-state index < -0.39 is 17.5 Å². The number of halogens is 4. The number of benzene rings is 2. The Labute approximate surface area is 151 Å². The normalized spacial score (nSPS) is 10.8. The van der Waals surface area contributed by atoms with Gasteiger partial charge in [-0.2, -0.15) is 0 Å².